The van der Waals surface area contributed by atoms with E-state index < -0.39 is 0 Å². The van der Waals surface area contributed by atoms with Gasteiger partial charge in [0.25, 0.3) is 0 Å². The van der Waals surface area contributed by atoms with Gasteiger partial charge >= 0.3 is 0 Å². The quantitative estimate of drug-likeness (QED) is 0.778. The van der Waals surface area contributed by atoms with Gasteiger partial charge in [-0.05, 0) is 48.4 Å². The lowest BCUT2D eigenvalue weighted by molar-refractivity contribution is 1.19. The Balaban J connectivity index is 2.36. The molecule has 2 nitrogen and oxygen atoms in total. The highest BCUT2D eigenvalue weighted by atomic mass is 79.9. The Morgan fingerprint density at radius 2 is 1.89 bits per heavy atom. The molecule has 2 rings (SSSR count). The van der Waals surface area contributed by atoms with E-state index in [-0.39, 0.29) is 0 Å². The lowest BCUT2D eigenvalue weighted by Crippen LogP contribution is -2.09. The number of alkyl halides is 1. The van der Waals surface area contributed by atoms with Gasteiger partial charge < -0.3 is 4.90 Å². The summed E-state index contributed by atoms with van der Waals surface area (Å²) < 4.78 is 0. The summed E-state index contributed by atoms with van der Waals surface area (Å²) in [5.74, 6) is 0. The molecule has 0 bridgehead atoms. The second-order valence-corrected chi connectivity index (χ2v) is 5.03. The number of halogens is 1. The fourth-order valence-electron chi connectivity index (χ4n) is 1.97. The van der Waals surface area contributed by atoms with Gasteiger partial charge in [-0.3, -0.25) is 0 Å². The van der Waals surface area contributed by atoms with Crippen molar-refractivity contribution in [2.45, 2.75) is 12.3 Å². The number of hydrogen-bond acceptors (Lipinski definition) is 2. The molecule has 2 aromatic rings. The Bertz CT molecular complexity index is 629. The largest absolute Gasteiger partial charge is 0.345 e. The van der Waals surface area contributed by atoms with Gasteiger partial charge in [-0.15, -0.1) is 0 Å². The normalized spacial score (nSPS) is 10.0. The second kappa shape index (κ2) is 5.90. The van der Waals surface area contributed by atoms with Crippen molar-refractivity contribution in [2.75, 3.05) is 11.9 Å². The van der Waals surface area contributed by atoms with Crippen LogP contribution in [0.2, 0.25) is 0 Å². The molecule has 0 saturated carbocycles. The average Bonchev–Trinajstić information content (AvgIpc) is 2.46. The molecule has 0 atom stereocenters. The summed E-state index contributed by atoms with van der Waals surface area (Å²) in [6, 6.07) is 16.2. The van der Waals surface area contributed by atoms with Crippen LogP contribution in [0, 0.1) is 18.3 Å². The molecule has 0 spiro atoms. The number of hydrogen-bond donors (Lipinski definition) is 0. The summed E-state index contributed by atoms with van der Waals surface area (Å²) in [4.78, 5) is 2.09. The number of aryl methyl sites for hydroxylation is 1. The van der Waals surface area contributed by atoms with E-state index in [1.165, 1.54) is 11.1 Å². The highest BCUT2D eigenvalue weighted by Gasteiger charge is 2.06. The zero-order valence-electron chi connectivity index (χ0n) is 11.0. The minimum Gasteiger partial charge on any atom is -0.345 e. The average molecular weight is 315 g/mol. The first kappa shape index (κ1) is 13.6. The van der Waals surface area contributed by atoms with Crippen LogP contribution in [0.3, 0.4) is 0 Å². The predicted molar refractivity (Wildman–Crippen MR) is 83.0 cm³/mol. The molecular formula is C16H15BrN2. The van der Waals surface area contributed by atoms with Gasteiger partial charge in [0.15, 0.2) is 0 Å². The number of rotatable bonds is 3. The van der Waals surface area contributed by atoms with E-state index in [0.717, 1.165) is 16.7 Å². The molecule has 0 aliphatic rings. The summed E-state index contributed by atoms with van der Waals surface area (Å²) in [5.41, 5.74) is 5.38. The van der Waals surface area contributed by atoms with E-state index in [4.69, 9.17) is 5.26 Å². The molecule has 3 heteroatoms. The molecule has 19 heavy (non-hydrogen) atoms. The first-order valence-corrected chi connectivity index (χ1v) is 7.17. The molecule has 0 aromatic heterocycles. The van der Waals surface area contributed by atoms with Gasteiger partial charge in [-0.1, -0.05) is 28.1 Å². The molecule has 2 aromatic carbocycles. The molecule has 96 valence electrons. The van der Waals surface area contributed by atoms with Crippen molar-refractivity contribution in [3.05, 3.63) is 59.2 Å². The zero-order chi connectivity index (χ0) is 13.8. The van der Waals surface area contributed by atoms with E-state index in [9.17, 15) is 0 Å². The van der Waals surface area contributed by atoms with Crippen molar-refractivity contribution in [3.63, 3.8) is 0 Å². The number of nitrogens with zero attached hydrogens (tertiary/aromatic N) is 2. The Morgan fingerprint density at radius 3 is 2.53 bits per heavy atom. The maximum atomic E-state index is 8.95. The van der Waals surface area contributed by atoms with Crippen LogP contribution in [-0.4, -0.2) is 7.05 Å². The molecule has 0 saturated heterocycles. The van der Waals surface area contributed by atoms with Gasteiger partial charge in [0.1, 0.15) is 0 Å². The van der Waals surface area contributed by atoms with Crippen LogP contribution in [0.5, 0.6) is 0 Å². The molecule has 0 aliphatic carbocycles. The minimum absolute atomic E-state index is 0.679. The lowest BCUT2D eigenvalue weighted by atomic mass is 10.1. The maximum absolute atomic E-state index is 8.95. The standard InChI is InChI=1S/C16H15BrN2/c1-12-8-16(7-6-14(12)10-17)19(2)15-5-3-4-13(9-15)11-18/h3-9H,10H2,1-2H3. The van der Waals surface area contributed by atoms with E-state index in [2.05, 4.69) is 52.0 Å². The monoisotopic (exact) mass is 314 g/mol. The highest BCUT2D eigenvalue weighted by molar-refractivity contribution is 9.08. The third-order valence-electron chi connectivity index (χ3n) is 3.22. The Labute approximate surface area is 122 Å². The number of nitriles is 1. The van der Waals surface area contributed by atoms with Gasteiger partial charge in [-0.2, -0.15) is 5.26 Å². The van der Waals surface area contributed by atoms with Crippen LogP contribution in [-0.2, 0) is 5.33 Å². The molecule has 0 heterocycles. The molecule has 0 fully saturated rings. The van der Waals surface area contributed by atoms with Crippen molar-refractivity contribution in [2.24, 2.45) is 0 Å². The molecule has 0 aliphatic heterocycles. The first-order chi connectivity index (χ1) is 9.15. The van der Waals surface area contributed by atoms with Crippen LogP contribution in [0.4, 0.5) is 11.4 Å². The maximum Gasteiger partial charge on any atom is 0.0992 e. The molecule has 0 radical (unpaired) electrons. The summed E-state index contributed by atoms with van der Waals surface area (Å²) in [7, 11) is 2.01. The Morgan fingerprint density at radius 1 is 1.16 bits per heavy atom. The SMILES string of the molecule is Cc1cc(N(C)c2cccc(C#N)c2)ccc1CBr. The first-order valence-electron chi connectivity index (χ1n) is 6.05. The predicted octanol–water partition coefficient (Wildman–Crippen LogP) is 4.53. The van der Waals surface area contributed by atoms with Gasteiger partial charge in [0.2, 0.25) is 0 Å². The number of benzene rings is 2. The lowest BCUT2D eigenvalue weighted by Gasteiger charge is -2.21. The Kier molecular flexibility index (Phi) is 4.24. The molecule has 0 N–H and O–H groups in total. The summed E-state index contributed by atoms with van der Waals surface area (Å²) in [6.07, 6.45) is 0. The van der Waals surface area contributed by atoms with Crippen LogP contribution >= 0.6 is 15.9 Å². The third-order valence-corrected chi connectivity index (χ3v) is 3.82. The van der Waals surface area contributed by atoms with Crippen LogP contribution < -0.4 is 4.90 Å². The number of anilines is 2. The van der Waals surface area contributed by atoms with E-state index in [0.29, 0.717) is 5.56 Å². The third kappa shape index (κ3) is 2.97. The van der Waals surface area contributed by atoms with Crippen LogP contribution in [0.25, 0.3) is 0 Å². The molecular weight excluding hydrogens is 300 g/mol. The smallest absolute Gasteiger partial charge is 0.0992 e. The van der Waals surface area contributed by atoms with Crippen molar-refractivity contribution in [3.8, 4) is 6.07 Å². The fraction of sp³-hybridized carbons (Fsp3) is 0.188. The Hall–Kier alpha value is -1.79. The van der Waals surface area contributed by atoms with E-state index >= 15 is 0 Å². The molecule has 0 amide bonds. The van der Waals surface area contributed by atoms with Crippen molar-refractivity contribution in [1.29, 1.82) is 5.26 Å². The van der Waals surface area contributed by atoms with Crippen LogP contribution in [0.1, 0.15) is 16.7 Å². The van der Waals surface area contributed by atoms with Crippen LogP contribution in [0.15, 0.2) is 42.5 Å². The zero-order valence-corrected chi connectivity index (χ0v) is 12.6. The highest BCUT2D eigenvalue weighted by Crippen LogP contribution is 2.26. The summed E-state index contributed by atoms with van der Waals surface area (Å²) >= 11 is 3.48. The van der Waals surface area contributed by atoms with Crippen molar-refractivity contribution >= 4 is 27.3 Å². The van der Waals surface area contributed by atoms with Gasteiger partial charge in [-0.25, -0.2) is 0 Å². The topological polar surface area (TPSA) is 27.0 Å². The minimum atomic E-state index is 0.679. The molecule has 0 unspecified atom stereocenters. The van der Waals surface area contributed by atoms with Gasteiger partial charge in [0.05, 0.1) is 11.6 Å². The van der Waals surface area contributed by atoms with E-state index in [1.54, 1.807) is 0 Å². The van der Waals surface area contributed by atoms with Crippen molar-refractivity contribution in [1.82, 2.24) is 0 Å². The van der Waals surface area contributed by atoms with Crippen molar-refractivity contribution < 1.29 is 0 Å². The summed E-state index contributed by atoms with van der Waals surface area (Å²) in [6.45, 7) is 2.11. The van der Waals surface area contributed by atoms with Gasteiger partial charge in [0, 0.05) is 23.8 Å². The second-order valence-electron chi connectivity index (χ2n) is 4.47. The fourth-order valence-corrected chi connectivity index (χ4v) is 2.60. The summed E-state index contributed by atoms with van der Waals surface area (Å²) in [5, 5.41) is 9.82. The van der Waals surface area contributed by atoms with E-state index in [1.807, 2.05) is 31.3 Å².